The van der Waals surface area contributed by atoms with Crippen LogP contribution in [-0.4, -0.2) is 23.6 Å². The van der Waals surface area contributed by atoms with Gasteiger partial charge in [0.15, 0.2) is 0 Å². The van der Waals surface area contributed by atoms with Crippen LogP contribution in [0.3, 0.4) is 0 Å². The molecule has 0 radical (unpaired) electrons. The number of carbonyl (C=O) groups excluding carboxylic acids is 1. The highest BCUT2D eigenvalue weighted by Crippen LogP contribution is 2.23. The fraction of sp³-hybridized carbons (Fsp3) is 0.316. The molecule has 1 aliphatic heterocycles. The summed E-state index contributed by atoms with van der Waals surface area (Å²) in [6, 6.07) is 18.3. The Balaban J connectivity index is 1.58. The smallest absolute Gasteiger partial charge is 0.410 e. The van der Waals surface area contributed by atoms with Gasteiger partial charge in [-0.3, -0.25) is 0 Å². The summed E-state index contributed by atoms with van der Waals surface area (Å²) in [7, 11) is 0. The number of benzene rings is 2. The first-order valence-electron chi connectivity index (χ1n) is 7.94. The molecule has 2 aromatic carbocycles. The maximum Gasteiger partial charge on any atom is 0.410 e. The third-order valence-corrected chi connectivity index (χ3v) is 4.67. The van der Waals surface area contributed by atoms with Crippen LogP contribution in [0.25, 0.3) is 0 Å². The molecule has 2 aromatic rings. The van der Waals surface area contributed by atoms with Gasteiger partial charge < -0.3 is 9.64 Å². The number of halogens is 1. The lowest BCUT2D eigenvalue weighted by Gasteiger charge is -2.24. The van der Waals surface area contributed by atoms with Crippen molar-refractivity contribution in [1.29, 1.82) is 0 Å². The fourth-order valence-electron chi connectivity index (χ4n) is 3.03. The van der Waals surface area contributed by atoms with Gasteiger partial charge in [0.05, 0.1) is 0 Å². The number of amides is 1. The van der Waals surface area contributed by atoms with Crippen molar-refractivity contribution < 1.29 is 9.53 Å². The molecule has 1 aliphatic rings. The molecule has 1 unspecified atom stereocenters. The van der Waals surface area contributed by atoms with Crippen LogP contribution in [0.4, 0.5) is 4.79 Å². The predicted octanol–water partition coefficient (Wildman–Crippen LogP) is 4.79. The van der Waals surface area contributed by atoms with Gasteiger partial charge in [0, 0.05) is 17.1 Å². The van der Waals surface area contributed by atoms with Crippen LogP contribution < -0.4 is 0 Å². The first kappa shape index (κ1) is 16.1. The molecule has 4 heteroatoms. The van der Waals surface area contributed by atoms with E-state index in [-0.39, 0.29) is 12.1 Å². The third kappa shape index (κ3) is 4.35. The van der Waals surface area contributed by atoms with Gasteiger partial charge in [-0.2, -0.15) is 0 Å². The van der Waals surface area contributed by atoms with E-state index in [4.69, 9.17) is 4.74 Å². The molecular formula is C19H20BrNO2. The SMILES string of the molecule is O=C(OCc1ccccc1)N1CCCC1Cc1cccc(Br)c1. The summed E-state index contributed by atoms with van der Waals surface area (Å²) in [5.41, 5.74) is 2.26. The zero-order valence-corrected chi connectivity index (χ0v) is 14.5. The van der Waals surface area contributed by atoms with E-state index in [1.807, 2.05) is 47.4 Å². The van der Waals surface area contributed by atoms with E-state index in [9.17, 15) is 4.79 Å². The van der Waals surface area contributed by atoms with E-state index in [0.717, 1.165) is 35.8 Å². The summed E-state index contributed by atoms with van der Waals surface area (Å²) in [4.78, 5) is 14.3. The normalized spacial score (nSPS) is 17.3. The molecule has 0 N–H and O–H groups in total. The topological polar surface area (TPSA) is 29.5 Å². The van der Waals surface area contributed by atoms with Crippen LogP contribution in [-0.2, 0) is 17.8 Å². The standard InChI is InChI=1S/C19H20BrNO2/c20-17-9-4-8-16(12-17)13-18-10-5-11-21(18)19(22)23-14-15-6-2-1-3-7-15/h1-4,6-9,12,18H,5,10-11,13-14H2. The molecule has 3 nitrogen and oxygen atoms in total. The summed E-state index contributed by atoms with van der Waals surface area (Å²) < 4.78 is 6.56. The van der Waals surface area contributed by atoms with Crippen LogP contribution in [0.5, 0.6) is 0 Å². The summed E-state index contributed by atoms with van der Waals surface area (Å²) in [6.07, 6.45) is 2.75. The van der Waals surface area contributed by atoms with Crippen LogP contribution in [0, 0.1) is 0 Å². The van der Waals surface area contributed by atoms with Crippen LogP contribution in [0.15, 0.2) is 59.1 Å². The molecule has 0 spiro atoms. The Kier molecular flexibility index (Phi) is 5.34. The molecule has 0 bridgehead atoms. The Morgan fingerprint density at radius 1 is 1.13 bits per heavy atom. The Morgan fingerprint density at radius 2 is 1.91 bits per heavy atom. The number of rotatable bonds is 4. The fourth-order valence-corrected chi connectivity index (χ4v) is 3.47. The molecule has 0 aromatic heterocycles. The van der Waals surface area contributed by atoms with Crippen molar-refractivity contribution in [3.05, 3.63) is 70.2 Å². The summed E-state index contributed by atoms with van der Waals surface area (Å²) in [5.74, 6) is 0. The van der Waals surface area contributed by atoms with Gasteiger partial charge in [-0.15, -0.1) is 0 Å². The highest BCUT2D eigenvalue weighted by atomic mass is 79.9. The van der Waals surface area contributed by atoms with E-state index in [1.54, 1.807) is 0 Å². The van der Waals surface area contributed by atoms with Gasteiger partial charge >= 0.3 is 6.09 Å². The van der Waals surface area contributed by atoms with Gasteiger partial charge in [0.2, 0.25) is 0 Å². The van der Waals surface area contributed by atoms with Gasteiger partial charge in [-0.1, -0.05) is 58.4 Å². The number of likely N-dealkylation sites (tertiary alicyclic amines) is 1. The molecule has 0 saturated carbocycles. The lowest BCUT2D eigenvalue weighted by Crippen LogP contribution is -2.37. The average Bonchev–Trinajstić information content (AvgIpc) is 3.02. The van der Waals surface area contributed by atoms with E-state index in [1.165, 1.54) is 5.56 Å². The highest BCUT2D eigenvalue weighted by molar-refractivity contribution is 9.10. The molecule has 3 rings (SSSR count). The molecule has 1 heterocycles. The first-order chi connectivity index (χ1) is 11.2. The second-order valence-electron chi connectivity index (χ2n) is 5.86. The zero-order valence-electron chi connectivity index (χ0n) is 13.0. The lowest BCUT2D eigenvalue weighted by atomic mass is 10.0. The second-order valence-corrected chi connectivity index (χ2v) is 6.78. The van der Waals surface area contributed by atoms with Crippen LogP contribution in [0.2, 0.25) is 0 Å². The number of ether oxygens (including phenoxy) is 1. The minimum atomic E-state index is -0.202. The summed E-state index contributed by atoms with van der Waals surface area (Å²) >= 11 is 3.50. The van der Waals surface area contributed by atoms with E-state index >= 15 is 0 Å². The first-order valence-corrected chi connectivity index (χ1v) is 8.73. The maximum atomic E-state index is 12.4. The van der Waals surface area contributed by atoms with E-state index < -0.39 is 0 Å². The average molecular weight is 374 g/mol. The minimum Gasteiger partial charge on any atom is -0.445 e. The monoisotopic (exact) mass is 373 g/mol. The van der Waals surface area contributed by atoms with Gasteiger partial charge in [-0.25, -0.2) is 4.79 Å². The van der Waals surface area contributed by atoms with Crippen molar-refractivity contribution in [3.63, 3.8) is 0 Å². The molecule has 1 atom stereocenters. The highest BCUT2D eigenvalue weighted by Gasteiger charge is 2.29. The zero-order chi connectivity index (χ0) is 16.1. The third-order valence-electron chi connectivity index (χ3n) is 4.18. The lowest BCUT2D eigenvalue weighted by molar-refractivity contribution is 0.0921. The number of hydrogen-bond donors (Lipinski definition) is 0. The van der Waals surface area contributed by atoms with Crippen molar-refractivity contribution in [2.24, 2.45) is 0 Å². The van der Waals surface area contributed by atoms with Crippen molar-refractivity contribution in [3.8, 4) is 0 Å². The minimum absolute atomic E-state index is 0.202. The Labute approximate surface area is 145 Å². The van der Waals surface area contributed by atoms with Crippen LogP contribution >= 0.6 is 15.9 Å². The largest absolute Gasteiger partial charge is 0.445 e. The molecule has 1 amide bonds. The molecule has 1 fully saturated rings. The van der Waals surface area contributed by atoms with Crippen molar-refractivity contribution in [2.45, 2.75) is 31.9 Å². The number of nitrogens with zero attached hydrogens (tertiary/aromatic N) is 1. The summed E-state index contributed by atoms with van der Waals surface area (Å²) in [6.45, 7) is 1.12. The van der Waals surface area contributed by atoms with E-state index in [0.29, 0.717) is 6.61 Å². The Bertz CT molecular complexity index is 659. The van der Waals surface area contributed by atoms with Crippen molar-refractivity contribution in [1.82, 2.24) is 4.90 Å². The molecule has 120 valence electrons. The van der Waals surface area contributed by atoms with Gasteiger partial charge in [-0.05, 0) is 42.5 Å². The molecule has 23 heavy (non-hydrogen) atoms. The number of hydrogen-bond acceptors (Lipinski definition) is 2. The molecular weight excluding hydrogens is 354 g/mol. The second kappa shape index (κ2) is 7.64. The van der Waals surface area contributed by atoms with Gasteiger partial charge in [0.25, 0.3) is 0 Å². The van der Waals surface area contributed by atoms with Crippen LogP contribution in [0.1, 0.15) is 24.0 Å². The molecule has 0 aliphatic carbocycles. The quantitative estimate of drug-likeness (QED) is 0.770. The summed E-state index contributed by atoms with van der Waals surface area (Å²) in [5, 5.41) is 0. The van der Waals surface area contributed by atoms with E-state index in [2.05, 4.69) is 28.1 Å². The molecule has 1 saturated heterocycles. The maximum absolute atomic E-state index is 12.4. The van der Waals surface area contributed by atoms with Crippen molar-refractivity contribution in [2.75, 3.05) is 6.54 Å². The van der Waals surface area contributed by atoms with Gasteiger partial charge in [0.1, 0.15) is 6.61 Å². The number of carbonyl (C=O) groups is 1. The van der Waals surface area contributed by atoms with Crippen molar-refractivity contribution >= 4 is 22.0 Å². The Morgan fingerprint density at radius 3 is 2.70 bits per heavy atom. The Hall–Kier alpha value is -1.81. The predicted molar refractivity (Wildman–Crippen MR) is 94.2 cm³/mol.